The van der Waals surface area contributed by atoms with Crippen molar-refractivity contribution in [2.45, 2.75) is 39.2 Å². The largest absolute Gasteiger partial charge is 0.493 e. The standard InChI is InChI=1S/C26H29N3O4S/c1-16-23(34-26(28-16)19-11-12-21(32-2)22(14-19)33-3)25(31)27-15-17-7-6-10-20(13-17)29-24(30)18-8-4-5-9-18/h6-7,10-14,18H,4-5,8-9,15H2,1-3H3,(H,27,31)(H,29,30). The Bertz CT molecular complexity index is 1180. The van der Waals surface area contributed by atoms with Gasteiger partial charge in [-0.15, -0.1) is 11.3 Å². The van der Waals surface area contributed by atoms with Crippen LogP contribution in [0.4, 0.5) is 5.69 Å². The van der Waals surface area contributed by atoms with E-state index in [0.717, 1.165) is 47.5 Å². The number of ether oxygens (including phenoxy) is 2. The van der Waals surface area contributed by atoms with Crippen molar-refractivity contribution in [3.63, 3.8) is 0 Å². The molecule has 0 radical (unpaired) electrons. The summed E-state index contributed by atoms with van der Waals surface area (Å²) < 4.78 is 10.7. The summed E-state index contributed by atoms with van der Waals surface area (Å²) in [5.41, 5.74) is 3.20. The van der Waals surface area contributed by atoms with Crippen LogP contribution in [0.5, 0.6) is 11.5 Å². The number of thiazole rings is 1. The van der Waals surface area contributed by atoms with E-state index in [1.165, 1.54) is 11.3 Å². The van der Waals surface area contributed by atoms with E-state index in [9.17, 15) is 9.59 Å². The Morgan fingerprint density at radius 3 is 2.56 bits per heavy atom. The Labute approximate surface area is 203 Å². The van der Waals surface area contributed by atoms with Crippen molar-refractivity contribution >= 4 is 28.8 Å². The van der Waals surface area contributed by atoms with E-state index >= 15 is 0 Å². The molecule has 3 aromatic rings. The zero-order valence-electron chi connectivity index (χ0n) is 19.6. The first-order valence-corrected chi connectivity index (χ1v) is 12.2. The van der Waals surface area contributed by atoms with Gasteiger partial charge in [-0.2, -0.15) is 0 Å². The molecule has 2 aromatic carbocycles. The average Bonchev–Trinajstić information content (AvgIpc) is 3.52. The van der Waals surface area contributed by atoms with Crippen LogP contribution in [0, 0.1) is 12.8 Å². The van der Waals surface area contributed by atoms with E-state index in [1.807, 2.05) is 49.4 Å². The summed E-state index contributed by atoms with van der Waals surface area (Å²) >= 11 is 1.34. The van der Waals surface area contributed by atoms with Crippen LogP contribution >= 0.6 is 11.3 Å². The maximum absolute atomic E-state index is 12.9. The van der Waals surface area contributed by atoms with Crippen LogP contribution in [0.3, 0.4) is 0 Å². The number of aryl methyl sites for hydroxylation is 1. The van der Waals surface area contributed by atoms with E-state index in [-0.39, 0.29) is 17.7 Å². The summed E-state index contributed by atoms with van der Waals surface area (Å²) in [7, 11) is 3.18. The molecule has 0 aliphatic heterocycles. The van der Waals surface area contributed by atoms with Crippen molar-refractivity contribution in [1.82, 2.24) is 10.3 Å². The van der Waals surface area contributed by atoms with Gasteiger partial charge in [0.1, 0.15) is 9.88 Å². The third-order valence-electron chi connectivity index (χ3n) is 6.01. The minimum Gasteiger partial charge on any atom is -0.493 e. The van der Waals surface area contributed by atoms with Gasteiger partial charge in [0.15, 0.2) is 11.5 Å². The summed E-state index contributed by atoms with van der Waals surface area (Å²) in [5, 5.41) is 6.72. The number of benzene rings is 2. The van der Waals surface area contributed by atoms with E-state index in [4.69, 9.17) is 9.47 Å². The number of nitrogens with zero attached hydrogens (tertiary/aromatic N) is 1. The second kappa shape index (κ2) is 10.7. The van der Waals surface area contributed by atoms with Crippen LogP contribution in [0.2, 0.25) is 0 Å². The van der Waals surface area contributed by atoms with Gasteiger partial charge in [0, 0.05) is 23.7 Å². The predicted molar refractivity (Wildman–Crippen MR) is 134 cm³/mol. The third kappa shape index (κ3) is 5.39. The van der Waals surface area contributed by atoms with Crippen LogP contribution in [0.15, 0.2) is 42.5 Å². The number of hydrogen-bond acceptors (Lipinski definition) is 6. The number of rotatable bonds is 8. The number of carbonyl (C=O) groups excluding carboxylic acids is 2. The molecule has 1 aliphatic carbocycles. The fraction of sp³-hybridized carbons (Fsp3) is 0.346. The van der Waals surface area contributed by atoms with Crippen molar-refractivity contribution < 1.29 is 19.1 Å². The van der Waals surface area contributed by atoms with Crippen LogP contribution in [0.1, 0.15) is 46.6 Å². The maximum atomic E-state index is 12.9. The molecule has 1 heterocycles. The van der Waals surface area contributed by atoms with E-state index in [2.05, 4.69) is 15.6 Å². The minimum absolute atomic E-state index is 0.0849. The van der Waals surface area contributed by atoms with Gasteiger partial charge in [0.05, 0.1) is 19.9 Å². The molecule has 1 aromatic heterocycles. The highest BCUT2D eigenvalue weighted by Crippen LogP contribution is 2.35. The van der Waals surface area contributed by atoms with Gasteiger partial charge in [-0.25, -0.2) is 4.98 Å². The summed E-state index contributed by atoms with van der Waals surface area (Å²) in [6.07, 6.45) is 4.16. The summed E-state index contributed by atoms with van der Waals surface area (Å²) in [4.78, 5) is 30.4. The number of anilines is 1. The quantitative estimate of drug-likeness (QED) is 0.464. The molecule has 0 saturated heterocycles. The zero-order valence-corrected chi connectivity index (χ0v) is 20.5. The molecule has 0 atom stereocenters. The normalized spacial score (nSPS) is 13.5. The maximum Gasteiger partial charge on any atom is 0.263 e. The molecule has 4 rings (SSSR count). The number of amides is 2. The molecule has 1 aliphatic rings. The fourth-order valence-electron chi connectivity index (χ4n) is 4.15. The monoisotopic (exact) mass is 479 g/mol. The lowest BCUT2D eigenvalue weighted by Gasteiger charge is -2.11. The Morgan fingerprint density at radius 2 is 1.82 bits per heavy atom. The summed E-state index contributed by atoms with van der Waals surface area (Å²) in [6, 6.07) is 13.2. The second-order valence-corrected chi connectivity index (χ2v) is 9.36. The van der Waals surface area contributed by atoms with E-state index < -0.39 is 0 Å². The molecular weight excluding hydrogens is 450 g/mol. The van der Waals surface area contributed by atoms with Crippen LogP contribution in [-0.2, 0) is 11.3 Å². The summed E-state index contributed by atoms with van der Waals surface area (Å²) in [5.74, 6) is 1.26. The van der Waals surface area contributed by atoms with Gasteiger partial charge in [-0.3, -0.25) is 9.59 Å². The Hall–Kier alpha value is -3.39. The van der Waals surface area contributed by atoms with Gasteiger partial charge in [0.2, 0.25) is 5.91 Å². The van der Waals surface area contributed by atoms with Gasteiger partial charge in [-0.1, -0.05) is 25.0 Å². The van der Waals surface area contributed by atoms with Gasteiger partial charge in [0.25, 0.3) is 5.91 Å². The molecule has 8 heteroatoms. The molecule has 0 spiro atoms. The van der Waals surface area contributed by atoms with Crippen molar-refractivity contribution in [2.24, 2.45) is 5.92 Å². The fourth-order valence-corrected chi connectivity index (χ4v) is 5.13. The summed E-state index contributed by atoms with van der Waals surface area (Å²) in [6.45, 7) is 2.18. The SMILES string of the molecule is COc1ccc(-c2nc(C)c(C(=O)NCc3cccc(NC(=O)C4CCCC4)c3)s2)cc1OC. The van der Waals surface area contributed by atoms with E-state index in [0.29, 0.717) is 28.6 Å². The van der Waals surface area contributed by atoms with Crippen molar-refractivity contribution in [1.29, 1.82) is 0 Å². The lowest BCUT2D eigenvalue weighted by Crippen LogP contribution is -2.23. The van der Waals surface area contributed by atoms with Gasteiger partial charge < -0.3 is 20.1 Å². The third-order valence-corrected chi connectivity index (χ3v) is 7.21. The average molecular weight is 480 g/mol. The van der Waals surface area contributed by atoms with Crippen LogP contribution in [-0.4, -0.2) is 31.0 Å². The van der Waals surface area contributed by atoms with Gasteiger partial charge in [-0.05, 0) is 55.7 Å². The number of aromatic nitrogens is 1. The van der Waals surface area contributed by atoms with Crippen molar-refractivity contribution in [2.75, 3.05) is 19.5 Å². The molecule has 0 unspecified atom stereocenters. The molecule has 178 valence electrons. The molecule has 2 amide bonds. The number of nitrogens with one attached hydrogen (secondary N) is 2. The highest BCUT2D eigenvalue weighted by molar-refractivity contribution is 7.17. The highest BCUT2D eigenvalue weighted by Gasteiger charge is 2.22. The topological polar surface area (TPSA) is 89.5 Å². The highest BCUT2D eigenvalue weighted by atomic mass is 32.1. The van der Waals surface area contributed by atoms with Crippen molar-refractivity contribution in [3.05, 3.63) is 58.6 Å². The molecule has 2 N–H and O–H groups in total. The second-order valence-electron chi connectivity index (χ2n) is 8.36. The smallest absolute Gasteiger partial charge is 0.263 e. The Morgan fingerprint density at radius 1 is 1.06 bits per heavy atom. The van der Waals surface area contributed by atoms with Crippen LogP contribution in [0.25, 0.3) is 10.6 Å². The number of hydrogen-bond donors (Lipinski definition) is 2. The van der Waals surface area contributed by atoms with Gasteiger partial charge >= 0.3 is 0 Å². The lowest BCUT2D eigenvalue weighted by atomic mass is 10.1. The van der Waals surface area contributed by atoms with E-state index in [1.54, 1.807) is 14.2 Å². The number of methoxy groups -OCH3 is 2. The Kier molecular flexibility index (Phi) is 7.47. The first-order chi connectivity index (χ1) is 16.5. The first-order valence-electron chi connectivity index (χ1n) is 11.4. The molecule has 7 nitrogen and oxygen atoms in total. The first kappa shape index (κ1) is 23.8. The van der Waals surface area contributed by atoms with Crippen molar-refractivity contribution in [3.8, 4) is 22.1 Å². The predicted octanol–water partition coefficient (Wildman–Crippen LogP) is 5.19. The molecular formula is C26H29N3O4S. The molecule has 34 heavy (non-hydrogen) atoms. The van der Waals surface area contributed by atoms with Crippen LogP contribution < -0.4 is 20.1 Å². The number of carbonyl (C=O) groups is 2. The zero-order chi connectivity index (χ0) is 24.1. The lowest BCUT2D eigenvalue weighted by molar-refractivity contribution is -0.119. The molecule has 1 fully saturated rings. The molecule has 1 saturated carbocycles. The minimum atomic E-state index is -0.179. The molecule has 0 bridgehead atoms. The Balaban J connectivity index is 1.41.